The molecule has 0 aromatic carbocycles. The fourth-order valence-electron chi connectivity index (χ4n) is 2.90. The summed E-state index contributed by atoms with van der Waals surface area (Å²) in [6.07, 6.45) is 6.50. The highest BCUT2D eigenvalue weighted by molar-refractivity contribution is 5.81. The Morgan fingerprint density at radius 2 is 2.06 bits per heavy atom. The van der Waals surface area contributed by atoms with Gasteiger partial charge in [0.2, 0.25) is 0 Å². The number of methoxy groups -OCH3 is 1. The number of hydrogen-bond acceptors (Lipinski definition) is 3. The van der Waals surface area contributed by atoms with Crippen molar-refractivity contribution in [1.82, 2.24) is 0 Å². The number of allylic oxidation sites excluding steroid dienone is 2. The van der Waals surface area contributed by atoms with Crippen LogP contribution in [0.15, 0.2) is 12.2 Å². The van der Waals surface area contributed by atoms with Gasteiger partial charge in [0.05, 0.1) is 18.9 Å². The Morgan fingerprint density at radius 1 is 1.31 bits per heavy atom. The number of rotatable bonds is 2. The zero-order chi connectivity index (χ0) is 11.7. The van der Waals surface area contributed by atoms with Gasteiger partial charge >= 0.3 is 11.9 Å². The first-order chi connectivity index (χ1) is 7.63. The minimum Gasteiger partial charge on any atom is -0.481 e. The number of ether oxygens (including phenoxy) is 1. The summed E-state index contributed by atoms with van der Waals surface area (Å²) in [7, 11) is 1.32. The molecule has 1 fully saturated rings. The van der Waals surface area contributed by atoms with Gasteiger partial charge in [0.15, 0.2) is 0 Å². The van der Waals surface area contributed by atoms with E-state index < -0.39 is 17.8 Å². The van der Waals surface area contributed by atoms with E-state index in [1.54, 1.807) is 0 Å². The number of carbonyl (C=O) groups excluding carboxylic acids is 1. The van der Waals surface area contributed by atoms with E-state index in [4.69, 9.17) is 4.74 Å². The molecule has 3 rings (SSSR count). The average Bonchev–Trinajstić information content (AvgIpc) is 2.57. The Labute approximate surface area is 94.3 Å². The fourth-order valence-corrected chi connectivity index (χ4v) is 2.90. The molecule has 0 aliphatic heterocycles. The van der Waals surface area contributed by atoms with E-state index >= 15 is 0 Å². The van der Waals surface area contributed by atoms with Crippen molar-refractivity contribution in [1.29, 1.82) is 0 Å². The van der Waals surface area contributed by atoms with E-state index in [0.29, 0.717) is 12.3 Å². The summed E-state index contributed by atoms with van der Waals surface area (Å²) in [5.74, 6) is -2.02. The Bertz CT molecular complexity index is 334. The topological polar surface area (TPSA) is 63.6 Å². The van der Waals surface area contributed by atoms with Crippen LogP contribution in [0.4, 0.5) is 0 Å². The van der Waals surface area contributed by atoms with Gasteiger partial charge in [0.1, 0.15) is 0 Å². The second kappa shape index (κ2) is 4.28. The summed E-state index contributed by atoms with van der Waals surface area (Å²) in [5.41, 5.74) is 0. The van der Waals surface area contributed by atoms with Crippen molar-refractivity contribution < 1.29 is 19.4 Å². The van der Waals surface area contributed by atoms with E-state index in [9.17, 15) is 14.7 Å². The molecule has 4 heteroatoms. The van der Waals surface area contributed by atoms with Gasteiger partial charge in [-0.25, -0.2) is 0 Å². The molecule has 0 amide bonds. The van der Waals surface area contributed by atoms with Crippen LogP contribution in [0.5, 0.6) is 0 Å². The van der Waals surface area contributed by atoms with Crippen molar-refractivity contribution in [3.63, 3.8) is 0 Å². The molecule has 88 valence electrons. The molecule has 0 heterocycles. The number of carbonyl (C=O) groups is 2. The van der Waals surface area contributed by atoms with Crippen LogP contribution in [0.2, 0.25) is 0 Å². The van der Waals surface area contributed by atoms with Crippen molar-refractivity contribution in [3.8, 4) is 0 Å². The van der Waals surface area contributed by atoms with Crippen LogP contribution in [0.3, 0.4) is 0 Å². The number of aliphatic carboxylic acids is 1. The first-order valence-electron chi connectivity index (χ1n) is 5.62. The Morgan fingerprint density at radius 3 is 2.56 bits per heavy atom. The molecule has 1 N–H and O–H groups in total. The lowest BCUT2D eigenvalue weighted by molar-refractivity contribution is -0.157. The van der Waals surface area contributed by atoms with Crippen LogP contribution in [0.1, 0.15) is 19.3 Å². The second-order valence-electron chi connectivity index (χ2n) is 4.62. The largest absolute Gasteiger partial charge is 0.481 e. The quantitative estimate of drug-likeness (QED) is 0.569. The van der Waals surface area contributed by atoms with Crippen LogP contribution in [0.25, 0.3) is 0 Å². The van der Waals surface area contributed by atoms with Crippen molar-refractivity contribution in [2.24, 2.45) is 23.7 Å². The van der Waals surface area contributed by atoms with Crippen molar-refractivity contribution in [3.05, 3.63) is 12.2 Å². The number of esters is 1. The molecule has 3 aliphatic carbocycles. The summed E-state index contributed by atoms with van der Waals surface area (Å²) < 4.78 is 4.74. The molecule has 4 nitrogen and oxygen atoms in total. The zero-order valence-electron chi connectivity index (χ0n) is 9.26. The highest BCUT2D eigenvalue weighted by atomic mass is 16.5. The van der Waals surface area contributed by atoms with Gasteiger partial charge in [0.25, 0.3) is 0 Å². The van der Waals surface area contributed by atoms with Gasteiger partial charge in [-0.05, 0) is 31.1 Å². The molecule has 0 aromatic heterocycles. The first kappa shape index (κ1) is 11.2. The van der Waals surface area contributed by atoms with E-state index in [0.717, 1.165) is 12.8 Å². The number of fused-ring (bicyclic) bond motifs is 3. The van der Waals surface area contributed by atoms with Crippen LogP contribution >= 0.6 is 0 Å². The smallest absolute Gasteiger partial charge is 0.310 e. The van der Waals surface area contributed by atoms with Crippen molar-refractivity contribution in [2.45, 2.75) is 19.3 Å². The highest BCUT2D eigenvalue weighted by Gasteiger charge is 2.44. The van der Waals surface area contributed by atoms with Crippen molar-refractivity contribution in [2.75, 3.05) is 7.11 Å². The number of carboxylic acids is 1. The Balaban J connectivity index is 2.30. The van der Waals surface area contributed by atoms with Gasteiger partial charge in [-0.2, -0.15) is 0 Å². The maximum atomic E-state index is 11.7. The lowest BCUT2D eigenvalue weighted by atomic mass is 9.81. The van der Waals surface area contributed by atoms with Crippen LogP contribution in [-0.4, -0.2) is 24.2 Å². The normalized spacial score (nSPS) is 36.8. The predicted molar refractivity (Wildman–Crippen MR) is 56.6 cm³/mol. The molecular weight excluding hydrogens is 208 g/mol. The molecule has 0 aromatic rings. The predicted octanol–water partition coefficient (Wildman–Crippen LogP) is 1.46. The first-order valence-corrected chi connectivity index (χ1v) is 5.62. The molecule has 0 radical (unpaired) electrons. The molecule has 1 saturated carbocycles. The molecule has 16 heavy (non-hydrogen) atoms. The van der Waals surface area contributed by atoms with E-state index in [1.165, 1.54) is 7.11 Å². The van der Waals surface area contributed by atoms with Crippen LogP contribution < -0.4 is 0 Å². The van der Waals surface area contributed by atoms with Crippen LogP contribution in [-0.2, 0) is 14.3 Å². The average molecular weight is 224 g/mol. The summed E-state index contributed by atoms with van der Waals surface area (Å²) in [5, 5.41) is 9.21. The van der Waals surface area contributed by atoms with Gasteiger partial charge < -0.3 is 9.84 Å². The molecule has 3 aliphatic rings. The SMILES string of the molecule is COC(=O)C1C2C=CC(CC2)CC1C(=O)O. The second-order valence-corrected chi connectivity index (χ2v) is 4.62. The third kappa shape index (κ3) is 1.84. The fraction of sp³-hybridized carbons (Fsp3) is 0.667. The van der Waals surface area contributed by atoms with Crippen LogP contribution in [0, 0.1) is 23.7 Å². The third-order valence-corrected chi connectivity index (χ3v) is 3.74. The maximum absolute atomic E-state index is 11.7. The minimum absolute atomic E-state index is 0.0345. The zero-order valence-corrected chi connectivity index (χ0v) is 9.26. The lowest BCUT2D eigenvalue weighted by Gasteiger charge is -2.24. The molecule has 4 atom stereocenters. The number of carboxylic acid groups (broad SMARTS) is 1. The van der Waals surface area contributed by atoms with E-state index in [-0.39, 0.29) is 11.9 Å². The standard InChI is InChI=1S/C12H16O4/c1-16-12(15)10-8-4-2-7(3-5-8)6-9(10)11(13)14/h2,4,7-10H,3,5-6H2,1H3,(H,13,14). The van der Waals surface area contributed by atoms with Gasteiger partial charge in [-0.3, -0.25) is 9.59 Å². The minimum atomic E-state index is -0.879. The summed E-state index contributed by atoms with van der Waals surface area (Å²) in [6, 6.07) is 0. The summed E-state index contributed by atoms with van der Waals surface area (Å²) >= 11 is 0. The van der Waals surface area contributed by atoms with Crippen molar-refractivity contribution >= 4 is 11.9 Å². The van der Waals surface area contributed by atoms with E-state index in [1.807, 2.05) is 6.08 Å². The monoisotopic (exact) mass is 224 g/mol. The van der Waals surface area contributed by atoms with Gasteiger partial charge in [-0.1, -0.05) is 12.2 Å². The molecule has 0 saturated heterocycles. The summed E-state index contributed by atoms with van der Waals surface area (Å²) in [6.45, 7) is 0. The van der Waals surface area contributed by atoms with Gasteiger partial charge in [0, 0.05) is 0 Å². The molecular formula is C12H16O4. The lowest BCUT2D eigenvalue weighted by Crippen LogP contribution is -2.34. The van der Waals surface area contributed by atoms with Gasteiger partial charge in [-0.15, -0.1) is 0 Å². The molecule has 2 bridgehead atoms. The number of hydrogen-bond donors (Lipinski definition) is 1. The maximum Gasteiger partial charge on any atom is 0.310 e. The van der Waals surface area contributed by atoms with E-state index in [2.05, 4.69) is 6.08 Å². The highest BCUT2D eigenvalue weighted by Crippen LogP contribution is 2.42. The summed E-state index contributed by atoms with van der Waals surface area (Å²) in [4.78, 5) is 22.9. The Hall–Kier alpha value is -1.32. The molecule has 0 spiro atoms. The third-order valence-electron chi connectivity index (χ3n) is 3.74. The Kier molecular flexibility index (Phi) is 2.99. The molecule has 4 unspecified atom stereocenters.